The van der Waals surface area contributed by atoms with Gasteiger partial charge in [-0.1, -0.05) is 50.2 Å². The van der Waals surface area contributed by atoms with Gasteiger partial charge in [0, 0.05) is 31.6 Å². The Morgan fingerprint density at radius 3 is 2.52 bits per heavy atom. The van der Waals surface area contributed by atoms with Gasteiger partial charge in [-0.3, -0.25) is 0 Å². The number of carbonyl (C=O) groups excluding carboxylic acids is 2. The number of benzene rings is 2. The van der Waals surface area contributed by atoms with E-state index in [4.69, 9.17) is 4.74 Å². The Balaban J connectivity index is 1.60. The van der Waals surface area contributed by atoms with E-state index in [-0.39, 0.29) is 12.1 Å². The first-order chi connectivity index (χ1) is 13.0. The van der Waals surface area contributed by atoms with Gasteiger partial charge in [0.1, 0.15) is 0 Å². The molecule has 1 N–H and O–H groups in total. The first kappa shape index (κ1) is 19.0. The zero-order valence-electron chi connectivity index (χ0n) is 16.0. The molecule has 6 nitrogen and oxygen atoms in total. The van der Waals surface area contributed by atoms with Crippen LogP contribution in [-0.2, 0) is 4.74 Å². The van der Waals surface area contributed by atoms with Crippen molar-refractivity contribution in [3.63, 3.8) is 0 Å². The number of urea groups is 1. The highest BCUT2D eigenvalue weighted by atomic mass is 16.6. The molecule has 0 spiro atoms. The van der Waals surface area contributed by atoms with Gasteiger partial charge in [0.15, 0.2) is 0 Å². The molecule has 144 valence electrons. The van der Waals surface area contributed by atoms with E-state index in [0.29, 0.717) is 38.7 Å². The van der Waals surface area contributed by atoms with Crippen molar-refractivity contribution in [2.45, 2.75) is 20.3 Å². The van der Waals surface area contributed by atoms with Crippen molar-refractivity contribution in [2.75, 3.05) is 38.1 Å². The summed E-state index contributed by atoms with van der Waals surface area (Å²) >= 11 is 0. The highest BCUT2D eigenvalue weighted by Crippen LogP contribution is 2.23. The molecule has 1 heterocycles. The number of fused-ring (bicyclic) bond motifs is 1. The third-order valence-electron chi connectivity index (χ3n) is 4.61. The van der Waals surface area contributed by atoms with E-state index < -0.39 is 0 Å². The molecule has 2 aromatic rings. The van der Waals surface area contributed by atoms with E-state index in [2.05, 4.69) is 5.32 Å². The Labute approximate surface area is 160 Å². The fraction of sp³-hybridized carbons (Fsp3) is 0.429. The molecule has 1 aliphatic rings. The van der Waals surface area contributed by atoms with Crippen molar-refractivity contribution < 1.29 is 14.3 Å². The molecule has 0 aromatic heterocycles. The Bertz CT molecular complexity index is 801. The van der Waals surface area contributed by atoms with Crippen molar-refractivity contribution >= 4 is 28.6 Å². The normalized spacial score (nSPS) is 14.9. The minimum Gasteiger partial charge on any atom is -0.449 e. The Morgan fingerprint density at radius 2 is 1.70 bits per heavy atom. The SMILES string of the molecule is CC(C)COC(=O)N1CCCN(C(=O)Nc2cccc3ccccc23)CC1. The predicted octanol–water partition coefficient (Wildman–Crippen LogP) is 4.17. The molecule has 3 rings (SSSR count). The average molecular weight is 369 g/mol. The van der Waals surface area contributed by atoms with Gasteiger partial charge in [0.05, 0.1) is 12.3 Å². The molecule has 2 aromatic carbocycles. The number of nitrogens with zero attached hydrogens (tertiary/aromatic N) is 2. The third kappa shape index (κ3) is 4.90. The smallest absolute Gasteiger partial charge is 0.409 e. The van der Waals surface area contributed by atoms with Gasteiger partial charge in [-0.05, 0) is 23.8 Å². The third-order valence-corrected chi connectivity index (χ3v) is 4.61. The maximum Gasteiger partial charge on any atom is 0.409 e. The molecule has 0 bridgehead atoms. The van der Waals surface area contributed by atoms with Crippen molar-refractivity contribution in [2.24, 2.45) is 5.92 Å². The quantitative estimate of drug-likeness (QED) is 0.883. The molecule has 1 fully saturated rings. The van der Waals surface area contributed by atoms with Crippen LogP contribution in [0.3, 0.4) is 0 Å². The van der Waals surface area contributed by atoms with E-state index in [1.54, 1.807) is 9.80 Å². The molecule has 0 radical (unpaired) electrons. The fourth-order valence-electron chi connectivity index (χ4n) is 3.16. The lowest BCUT2D eigenvalue weighted by Gasteiger charge is -2.22. The predicted molar refractivity (Wildman–Crippen MR) is 107 cm³/mol. The number of ether oxygens (including phenoxy) is 1. The highest BCUT2D eigenvalue weighted by molar-refractivity contribution is 6.01. The van der Waals surface area contributed by atoms with Gasteiger partial charge in [0.2, 0.25) is 0 Å². The largest absolute Gasteiger partial charge is 0.449 e. The van der Waals surface area contributed by atoms with E-state index in [1.165, 1.54) is 0 Å². The van der Waals surface area contributed by atoms with Crippen LogP contribution in [-0.4, -0.2) is 54.7 Å². The van der Waals surface area contributed by atoms with E-state index >= 15 is 0 Å². The lowest BCUT2D eigenvalue weighted by molar-refractivity contribution is 0.0934. The molecule has 1 aliphatic heterocycles. The van der Waals surface area contributed by atoms with Gasteiger partial charge in [-0.2, -0.15) is 0 Å². The number of amides is 3. The van der Waals surface area contributed by atoms with Crippen LogP contribution < -0.4 is 5.32 Å². The second-order valence-electron chi connectivity index (χ2n) is 7.26. The van der Waals surface area contributed by atoms with Crippen LogP contribution in [0.25, 0.3) is 10.8 Å². The van der Waals surface area contributed by atoms with Crippen LogP contribution in [0, 0.1) is 5.92 Å². The highest BCUT2D eigenvalue weighted by Gasteiger charge is 2.23. The lowest BCUT2D eigenvalue weighted by atomic mass is 10.1. The van der Waals surface area contributed by atoms with Crippen LogP contribution >= 0.6 is 0 Å². The summed E-state index contributed by atoms with van der Waals surface area (Å²) in [4.78, 5) is 28.3. The van der Waals surface area contributed by atoms with Crippen molar-refractivity contribution in [3.8, 4) is 0 Å². The lowest BCUT2D eigenvalue weighted by Crippen LogP contribution is -2.39. The fourth-order valence-corrected chi connectivity index (χ4v) is 3.16. The number of nitrogens with one attached hydrogen (secondary N) is 1. The molecular weight excluding hydrogens is 342 g/mol. The maximum absolute atomic E-state index is 12.7. The zero-order valence-corrected chi connectivity index (χ0v) is 16.0. The Morgan fingerprint density at radius 1 is 1.00 bits per heavy atom. The monoisotopic (exact) mass is 369 g/mol. The van der Waals surface area contributed by atoms with Crippen molar-refractivity contribution in [1.29, 1.82) is 0 Å². The molecule has 0 aliphatic carbocycles. The molecular formula is C21H27N3O3. The maximum atomic E-state index is 12.7. The molecule has 0 saturated carbocycles. The summed E-state index contributed by atoms with van der Waals surface area (Å²) < 4.78 is 5.31. The molecule has 0 atom stereocenters. The summed E-state index contributed by atoms with van der Waals surface area (Å²) in [5.41, 5.74) is 0.801. The second-order valence-corrected chi connectivity index (χ2v) is 7.26. The number of anilines is 1. The number of rotatable bonds is 3. The van der Waals surface area contributed by atoms with Gasteiger partial charge in [-0.25, -0.2) is 9.59 Å². The number of hydrogen-bond donors (Lipinski definition) is 1. The number of carbonyl (C=O) groups is 2. The van der Waals surface area contributed by atoms with Gasteiger partial charge in [-0.15, -0.1) is 0 Å². The average Bonchev–Trinajstić information content (AvgIpc) is 2.93. The minimum absolute atomic E-state index is 0.135. The first-order valence-electron chi connectivity index (χ1n) is 9.50. The minimum atomic E-state index is -0.292. The van der Waals surface area contributed by atoms with E-state index in [9.17, 15) is 9.59 Å². The van der Waals surface area contributed by atoms with Crippen molar-refractivity contribution in [1.82, 2.24) is 9.80 Å². The van der Waals surface area contributed by atoms with E-state index in [1.807, 2.05) is 56.3 Å². The van der Waals surface area contributed by atoms with E-state index in [0.717, 1.165) is 22.9 Å². The van der Waals surface area contributed by atoms with Crippen LogP contribution in [0.15, 0.2) is 42.5 Å². The molecule has 0 unspecified atom stereocenters. The summed E-state index contributed by atoms with van der Waals surface area (Å²) in [6.07, 6.45) is 0.444. The van der Waals surface area contributed by atoms with Crippen LogP contribution in [0.4, 0.5) is 15.3 Å². The van der Waals surface area contributed by atoms with Gasteiger partial charge < -0.3 is 19.9 Å². The van der Waals surface area contributed by atoms with Crippen molar-refractivity contribution in [3.05, 3.63) is 42.5 Å². The Kier molecular flexibility index (Phi) is 6.16. The van der Waals surface area contributed by atoms with Crippen LogP contribution in [0.5, 0.6) is 0 Å². The summed E-state index contributed by atoms with van der Waals surface area (Å²) in [5.74, 6) is 0.309. The molecule has 27 heavy (non-hydrogen) atoms. The molecule has 6 heteroatoms. The summed E-state index contributed by atoms with van der Waals surface area (Å²) in [6.45, 7) is 6.64. The standard InChI is InChI=1S/C21H27N3O3/c1-16(2)15-27-21(26)24-12-6-11-23(13-14-24)20(25)22-19-10-5-8-17-7-3-4-9-18(17)19/h3-5,7-10,16H,6,11-15H2,1-2H3,(H,22,25). The zero-order chi connectivity index (χ0) is 19.2. The summed E-state index contributed by atoms with van der Waals surface area (Å²) in [7, 11) is 0. The van der Waals surface area contributed by atoms with Gasteiger partial charge >= 0.3 is 12.1 Å². The first-order valence-corrected chi connectivity index (χ1v) is 9.50. The second kappa shape index (κ2) is 8.75. The molecule has 3 amide bonds. The number of hydrogen-bond acceptors (Lipinski definition) is 3. The summed E-state index contributed by atoms with van der Waals surface area (Å²) in [5, 5.41) is 5.12. The topological polar surface area (TPSA) is 61.9 Å². The molecule has 1 saturated heterocycles. The Hall–Kier alpha value is -2.76. The summed E-state index contributed by atoms with van der Waals surface area (Å²) in [6, 6.07) is 13.7. The van der Waals surface area contributed by atoms with Gasteiger partial charge in [0.25, 0.3) is 0 Å². The van der Waals surface area contributed by atoms with Crippen LogP contribution in [0.2, 0.25) is 0 Å². The van der Waals surface area contributed by atoms with Crippen LogP contribution in [0.1, 0.15) is 20.3 Å².